The molecule has 5 heteroatoms. The number of carbonyl (C=O) groups is 1. The number of hydrogen-bond acceptors (Lipinski definition) is 4. The SMILES string of the molecule is CN1C(=O)C(CO)CC1COc1cccnc1. The molecule has 92 valence electrons. The van der Waals surface area contributed by atoms with Gasteiger partial charge in [-0.1, -0.05) is 0 Å². The molecule has 2 rings (SSSR count). The molecule has 1 aromatic heterocycles. The van der Waals surface area contributed by atoms with Gasteiger partial charge in [-0.25, -0.2) is 0 Å². The second kappa shape index (κ2) is 5.14. The summed E-state index contributed by atoms with van der Waals surface area (Å²) in [6.07, 6.45) is 3.96. The molecule has 17 heavy (non-hydrogen) atoms. The highest BCUT2D eigenvalue weighted by atomic mass is 16.5. The lowest BCUT2D eigenvalue weighted by molar-refractivity contribution is -0.131. The number of aliphatic hydroxyl groups is 1. The number of likely N-dealkylation sites (tertiary alicyclic amines) is 1. The number of amides is 1. The van der Waals surface area contributed by atoms with Gasteiger partial charge < -0.3 is 14.7 Å². The molecular weight excluding hydrogens is 220 g/mol. The van der Waals surface area contributed by atoms with Crippen molar-refractivity contribution in [3.63, 3.8) is 0 Å². The Morgan fingerprint density at radius 2 is 2.47 bits per heavy atom. The van der Waals surface area contributed by atoms with E-state index in [1.54, 1.807) is 30.4 Å². The van der Waals surface area contributed by atoms with E-state index in [1.807, 2.05) is 6.07 Å². The van der Waals surface area contributed by atoms with E-state index < -0.39 is 0 Å². The number of nitrogens with zero attached hydrogens (tertiary/aromatic N) is 2. The summed E-state index contributed by atoms with van der Waals surface area (Å²) in [4.78, 5) is 17.3. The summed E-state index contributed by atoms with van der Waals surface area (Å²) in [5, 5.41) is 9.06. The maximum atomic E-state index is 11.7. The Balaban J connectivity index is 1.90. The fourth-order valence-electron chi connectivity index (χ4n) is 2.01. The Bertz CT molecular complexity index is 383. The highest BCUT2D eigenvalue weighted by molar-refractivity contribution is 5.81. The second-order valence-corrected chi connectivity index (χ2v) is 4.22. The molecule has 1 amide bonds. The van der Waals surface area contributed by atoms with Crippen LogP contribution in [0.15, 0.2) is 24.5 Å². The first-order valence-electron chi connectivity index (χ1n) is 5.62. The molecule has 5 nitrogen and oxygen atoms in total. The van der Waals surface area contributed by atoms with E-state index >= 15 is 0 Å². The normalized spacial score (nSPS) is 24.1. The molecule has 0 spiro atoms. The fourth-order valence-corrected chi connectivity index (χ4v) is 2.01. The van der Waals surface area contributed by atoms with Gasteiger partial charge in [-0.2, -0.15) is 0 Å². The topological polar surface area (TPSA) is 62.7 Å². The summed E-state index contributed by atoms with van der Waals surface area (Å²) < 4.78 is 5.56. The number of hydrogen-bond donors (Lipinski definition) is 1. The van der Waals surface area contributed by atoms with Crippen molar-refractivity contribution in [3.8, 4) is 5.75 Å². The number of carbonyl (C=O) groups excluding carboxylic acids is 1. The van der Waals surface area contributed by atoms with E-state index in [-0.39, 0.29) is 24.5 Å². The van der Waals surface area contributed by atoms with Crippen LogP contribution < -0.4 is 4.74 Å². The van der Waals surface area contributed by atoms with Gasteiger partial charge in [-0.15, -0.1) is 0 Å². The van der Waals surface area contributed by atoms with Crippen molar-refractivity contribution < 1.29 is 14.6 Å². The van der Waals surface area contributed by atoms with Gasteiger partial charge >= 0.3 is 0 Å². The van der Waals surface area contributed by atoms with Crippen LogP contribution in [0.1, 0.15) is 6.42 Å². The third kappa shape index (κ3) is 2.55. The first kappa shape index (κ1) is 11.9. The number of ether oxygens (including phenoxy) is 1. The summed E-state index contributed by atoms with van der Waals surface area (Å²) in [6, 6.07) is 3.66. The summed E-state index contributed by atoms with van der Waals surface area (Å²) >= 11 is 0. The molecule has 0 radical (unpaired) electrons. The minimum absolute atomic E-state index is 0.00714. The van der Waals surface area contributed by atoms with Crippen molar-refractivity contribution in [1.29, 1.82) is 0 Å². The predicted molar refractivity (Wildman–Crippen MR) is 61.5 cm³/mol. The quantitative estimate of drug-likeness (QED) is 0.816. The molecule has 1 aliphatic rings. The molecule has 0 bridgehead atoms. The van der Waals surface area contributed by atoms with Crippen LogP contribution in [0.5, 0.6) is 5.75 Å². The third-order valence-electron chi connectivity index (χ3n) is 3.10. The van der Waals surface area contributed by atoms with Gasteiger partial charge in [0.2, 0.25) is 5.91 Å². The number of aromatic nitrogens is 1. The molecule has 1 aliphatic heterocycles. The fraction of sp³-hybridized carbons (Fsp3) is 0.500. The van der Waals surface area contributed by atoms with Crippen LogP contribution in [0.3, 0.4) is 0 Å². The molecule has 2 heterocycles. The lowest BCUT2D eigenvalue weighted by Crippen LogP contribution is -2.34. The molecule has 1 aromatic rings. The van der Waals surface area contributed by atoms with E-state index in [1.165, 1.54) is 0 Å². The zero-order valence-corrected chi connectivity index (χ0v) is 9.74. The zero-order valence-electron chi connectivity index (χ0n) is 9.74. The summed E-state index contributed by atoms with van der Waals surface area (Å²) in [6.45, 7) is 0.344. The Morgan fingerprint density at radius 1 is 1.65 bits per heavy atom. The molecule has 0 saturated carbocycles. The van der Waals surface area contributed by atoms with E-state index in [2.05, 4.69) is 4.98 Å². The van der Waals surface area contributed by atoms with Crippen molar-refractivity contribution >= 4 is 5.91 Å². The van der Waals surface area contributed by atoms with Crippen LogP contribution in [-0.2, 0) is 4.79 Å². The molecule has 2 atom stereocenters. The summed E-state index contributed by atoms with van der Waals surface area (Å²) in [5.41, 5.74) is 0. The Morgan fingerprint density at radius 3 is 3.06 bits per heavy atom. The van der Waals surface area contributed by atoms with Crippen LogP contribution >= 0.6 is 0 Å². The van der Waals surface area contributed by atoms with E-state index in [0.717, 1.165) is 0 Å². The van der Waals surface area contributed by atoms with Crippen LogP contribution in [0.25, 0.3) is 0 Å². The second-order valence-electron chi connectivity index (χ2n) is 4.22. The highest BCUT2D eigenvalue weighted by Crippen LogP contribution is 2.23. The Hall–Kier alpha value is -1.62. The van der Waals surface area contributed by atoms with Gasteiger partial charge in [0.25, 0.3) is 0 Å². The van der Waals surface area contributed by atoms with Crippen LogP contribution in [0.2, 0.25) is 0 Å². The maximum Gasteiger partial charge on any atom is 0.228 e. The Kier molecular flexibility index (Phi) is 3.58. The number of rotatable bonds is 4. The van der Waals surface area contributed by atoms with E-state index in [4.69, 9.17) is 9.84 Å². The lowest BCUT2D eigenvalue weighted by Gasteiger charge is -2.19. The number of aliphatic hydroxyl groups excluding tert-OH is 1. The minimum atomic E-state index is -0.275. The van der Waals surface area contributed by atoms with Crippen molar-refractivity contribution in [2.75, 3.05) is 20.3 Å². The van der Waals surface area contributed by atoms with Gasteiger partial charge in [0.1, 0.15) is 12.4 Å². The molecule has 0 aromatic carbocycles. The standard InChI is InChI=1S/C12H16N2O3/c1-14-10(5-9(7-15)12(14)16)8-17-11-3-2-4-13-6-11/h2-4,6,9-10,15H,5,7-8H2,1H3. The van der Waals surface area contributed by atoms with Crippen molar-refractivity contribution in [2.24, 2.45) is 5.92 Å². The lowest BCUT2D eigenvalue weighted by atomic mass is 10.1. The largest absolute Gasteiger partial charge is 0.490 e. The van der Waals surface area contributed by atoms with Gasteiger partial charge in [0, 0.05) is 13.2 Å². The molecular formula is C12H16N2O3. The van der Waals surface area contributed by atoms with Crippen LogP contribution in [0, 0.1) is 5.92 Å². The van der Waals surface area contributed by atoms with Crippen LogP contribution in [0.4, 0.5) is 0 Å². The molecule has 2 unspecified atom stereocenters. The average Bonchev–Trinajstić information content (AvgIpc) is 2.65. The summed E-state index contributed by atoms with van der Waals surface area (Å²) in [5.74, 6) is 0.413. The van der Waals surface area contributed by atoms with Crippen LogP contribution in [-0.4, -0.2) is 47.2 Å². The highest BCUT2D eigenvalue weighted by Gasteiger charge is 2.36. The average molecular weight is 236 g/mol. The zero-order chi connectivity index (χ0) is 12.3. The van der Waals surface area contributed by atoms with Gasteiger partial charge in [0.05, 0.1) is 24.8 Å². The van der Waals surface area contributed by atoms with Crippen molar-refractivity contribution in [3.05, 3.63) is 24.5 Å². The Labute approximate surface area is 100 Å². The van der Waals surface area contributed by atoms with Gasteiger partial charge in [0.15, 0.2) is 0 Å². The first-order valence-corrected chi connectivity index (χ1v) is 5.62. The van der Waals surface area contributed by atoms with Crippen molar-refractivity contribution in [1.82, 2.24) is 9.88 Å². The maximum absolute atomic E-state index is 11.7. The monoisotopic (exact) mass is 236 g/mol. The first-order chi connectivity index (χ1) is 8.22. The number of pyridine rings is 1. The summed E-state index contributed by atoms with van der Waals surface area (Å²) in [7, 11) is 1.75. The number of likely N-dealkylation sites (N-methyl/N-ethyl adjacent to an activating group) is 1. The molecule has 0 aliphatic carbocycles. The van der Waals surface area contributed by atoms with Gasteiger partial charge in [-0.3, -0.25) is 9.78 Å². The van der Waals surface area contributed by atoms with E-state index in [9.17, 15) is 4.79 Å². The molecule has 1 fully saturated rings. The smallest absolute Gasteiger partial charge is 0.228 e. The minimum Gasteiger partial charge on any atom is -0.490 e. The molecule has 1 saturated heterocycles. The van der Waals surface area contributed by atoms with Gasteiger partial charge in [-0.05, 0) is 18.6 Å². The predicted octanol–water partition coefficient (Wildman–Crippen LogP) is 0.300. The van der Waals surface area contributed by atoms with E-state index in [0.29, 0.717) is 18.8 Å². The molecule has 1 N–H and O–H groups in total. The van der Waals surface area contributed by atoms with Crippen molar-refractivity contribution in [2.45, 2.75) is 12.5 Å². The third-order valence-corrected chi connectivity index (χ3v) is 3.10.